The Balaban J connectivity index is 2.20. The van der Waals surface area contributed by atoms with E-state index in [2.05, 4.69) is 0 Å². The average Bonchev–Trinajstić information content (AvgIpc) is 2.20. The molecule has 0 spiro atoms. The molecule has 0 bridgehead atoms. The largest absolute Gasteiger partial charge is 0.299 e. The number of carbonyl (C=O) groups excluding carboxylic acids is 1. The zero-order chi connectivity index (χ0) is 9.97. The Bertz CT molecular complexity index is 329. The molecule has 0 N–H and O–H groups in total. The molecule has 0 saturated heterocycles. The van der Waals surface area contributed by atoms with Crippen molar-refractivity contribution in [2.75, 3.05) is 0 Å². The van der Waals surface area contributed by atoms with Crippen molar-refractivity contribution in [2.24, 2.45) is 0 Å². The molecule has 1 atom stereocenters. The second-order valence-electron chi connectivity index (χ2n) is 3.82. The highest BCUT2D eigenvalue weighted by Crippen LogP contribution is 2.29. The summed E-state index contributed by atoms with van der Waals surface area (Å²) in [5.74, 6) is 0.0872. The summed E-state index contributed by atoms with van der Waals surface area (Å²) in [5, 5.41) is 0. The van der Waals surface area contributed by atoms with Crippen molar-refractivity contribution in [3.63, 3.8) is 0 Å². The molecule has 1 aromatic carbocycles. The predicted octanol–water partition coefficient (Wildman–Crippen LogP) is 3.05. The van der Waals surface area contributed by atoms with Gasteiger partial charge in [-0.25, -0.2) is 4.39 Å². The Morgan fingerprint density at radius 3 is 2.50 bits per heavy atom. The van der Waals surface area contributed by atoms with Crippen LogP contribution in [0.2, 0.25) is 0 Å². The Morgan fingerprint density at radius 1 is 1.14 bits per heavy atom. The lowest BCUT2D eigenvalue weighted by atomic mass is 9.83. The van der Waals surface area contributed by atoms with Gasteiger partial charge in [0, 0.05) is 12.3 Å². The van der Waals surface area contributed by atoms with Crippen molar-refractivity contribution in [1.82, 2.24) is 0 Å². The van der Waals surface area contributed by atoms with Gasteiger partial charge in [-0.15, -0.1) is 0 Å². The number of hydrogen-bond acceptors (Lipinski definition) is 1. The molecule has 0 heterocycles. The Morgan fingerprint density at radius 2 is 1.86 bits per heavy atom. The van der Waals surface area contributed by atoms with E-state index in [1.54, 1.807) is 12.1 Å². The lowest BCUT2D eigenvalue weighted by Gasteiger charge is -2.20. The molecule has 1 aromatic rings. The lowest BCUT2D eigenvalue weighted by Crippen LogP contribution is -2.16. The highest BCUT2D eigenvalue weighted by atomic mass is 19.1. The predicted molar refractivity (Wildman–Crippen MR) is 52.6 cm³/mol. The minimum atomic E-state index is -0.239. The highest BCUT2D eigenvalue weighted by Gasteiger charge is 2.23. The first-order chi connectivity index (χ1) is 6.77. The molecule has 1 aliphatic carbocycles. The van der Waals surface area contributed by atoms with Crippen molar-refractivity contribution in [3.05, 3.63) is 35.6 Å². The summed E-state index contributed by atoms with van der Waals surface area (Å²) in [5.41, 5.74) is 0.969. The topological polar surface area (TPSA) is 17.1 Å². The van der Waals surface area contributed by atoms with E-state index in [9.17, 15) is 9.18 Å². The molecule has 1 saturated carbocycles. The number of hydrogen-bond donors (Lipinski definition) is 0. The second kappa shape index (κ2) is 3.91. The van der Waals surface area contributed by atoms with Crippen LogP contribution in [0.1, 0.15) is 37.2 Å². The molecular formula is C12H13FO. The zero-order valence-electron chi connectivity index (χ0n) is 8.00. The summed E-state index contributed by atoms with van der Waals surface area (Å²) in [4.78, 5) is 11.6. The van der Waals surface area contributed by atoms with Gasteiger partial charge in [0.05, 0.1) is 0 Å². The molecule has 0 aliphatic heterocycles. The quantitative estimate of drug-likeness (QED) is 0.668. The fraction of sp³-hybridized carbons (Fsp3) is 0.417. The zero-order valence-corrected chi connectivity index (χ0v) is 8.00. The fourth-order valence-electron chi connectivity index (χ4n) is 2.03. The third-order valence-corrected chi connectivity index (χ3v) is 2.83. The standard InChI is InChI=1S/C12H13FO/c13-10-7-5-9(6-8-10)11-3-1-2-4-12(11)14/h5-8,11H,1-4H2/t11-/m1/s1. The van der Waals surface area contributed by atoms with Gasteiger partial charge < -0.3 is 0 Å². The van der Waals surface area contributed by atoms with Crippen molar-refractivity contribution in [3.8, 4) is 0 Å². The van der Waals surface area contributed by atoms with E-state index < -0.39 is 0 Å². The molecule has 2 heteroatoms. The van der Waals surface area contributed by atoms with Crippen LogP contribution >= 0.6 is 0 Å². The molecule has 14 heavy (non-hydrogen) atoms. The normalized spacial score (nSPS) is 22.4. The lowest BCUT2D eigenvalue weighted by molar-refractivity contribution is -0.121. The number of halogens is 1. The van der Waals surface area contributed by atoms with Crippen LogP contribution in [0.3, 0.4) is 0 Å². The molecule has 1 nitrogen and oxygen atoms in total. The van der Waals surface area contributed by atoms with Gasteiger partial charge in [0.1, 0.15) is 11.6 Å². The minimum absolute atomic E-state index is 0.0179. The van der Waals surface area contributed by atoms with E-state index in [1.165, 1.54) is 12.1 Å². The van der Waals surface area contributed by atoms with Crippen LogP contribution < -0.4 is 0 Å². The number of ketones is 1. The smallest absolute Gasteiger partial charge is 0.140 e. The van der Waals surface area contributed by atoms with E-state index in [-0.39, 0.29) is 11.7 Å². The molecule has 0 amide bonds. The van der Waals surface area contributed by atoms with Gasteiger partial charge in [0.25, 0.3) is 0 Å². The van der Waals surface area contributed by atoms with E-state index in [1.807, 2.05) is 0 Å². The third-order valence-electron chi connectivity index (χ3n) is 2.83. The summed E-state index contributed by atoms with van der Waals surface area (Å²) in [6.07, 6.45) is 3.72. The van der Waals surface area contributed by atoms with Gasteiger partial charge >= 0.3 is 0 Å². The number of carbonyl (C=O) groups is 1. The number of benzene rings is 1. The summed E-state index contributed by atoms with van der Waals surface area (Å²) in [6.45, 7) is 0. The van der Waals surface area contributed by atoms with Gasteiger partial charge in [-0.05, 0) is 30.5 Å². The third kappa shape index (κ3) is 1.84. The average molecular weight is 192 g/mol. The minimum Gasteiger partial charge on any atom is -0.299 e. The molecule has 1 fully saturated rings. The van der Waals surface area contributed by atoms with Gasteiger partial charge in [-0.2, -0.15) is 0 Å². The first-order valence-electron chi connectivity index (χ1n) is 5.05. The number of rotatable bonds is 1. The Hall–Kier alpha value is -1.18. The first kappa shape index (κ1) is 9.38. The van der Waals surface area contributed by atoms with E-state index in [4.69, 9.17) is 0 Å². The van der Waals surface area contributed by atoms with Crippen LogP contribution in [0.15, 0.2) is 24.3 Å². The van der Waals surface area contributed by atoms with Crippen LogP contribution in [0.4, 0.5) is 4.39 Å². The van der Waals surface area contributed by atoms with E-state index in [0.29, 0.717) is 12.2 Å². The van der Waals surface area contributed by atoms with Gasteiger partial charge in [-0.3, -0.25) is 4.79 Å². The SMILES string of the molecule is O=C1CCCC[C@@H]1c1ccc(F)cc1. The molecule has 74 valence electrons. The summed E-state index contributed by atoms with van der Waals surface area (Å²) in [7, 11) is 0. The van der Waals surface area contributed by atoms with E-state index in [0.717, 1.165) is 24.8 Å². The maximum Gasteiger partial charge on any atom is 0.140 e. The van der Waals surface area contributed by atoms with Gasteiger partial charge in [0.15, 0.2) is 0 Å². The van der Waals surface area contributed by atoms with E-state index >= 15 is 0 Å². The molecule has 0 aromatic heterocycles. The number of Topliss-reactive ketones (excluding diaryl/α,β-unsaturated/α-hetero) is 1. The van der Waals surface area contributed by atoms with Crippen LogP contribution in [-0.4, -0.2) is 5.78 Å². The Labute approximate surface area is 82.9 Å². The van der Waals surface area contributed by atoms with Crippen LogP contribution in [0.25, 0.3) is 0 Å². The maximum absolute atomic E-state index is 12.7. The van der Waals surface area contributed by atoms with Gasteiger partial charge in [0.2, 0.25) is 0 Å². The van der Waals surface area contributed by atoms with Crippen molar-refractivity contribution in [2.45, 2.75) is 31.6 Å². The van der Waals surface area contributed by atoms with Crippen molar-refractivity contribution in [1.29, 1.82) is 0 Å². The summed E-state index contributed by atoms with van der Waals surface area (Å²) < 4.78 is 12.7. The van der Waals surface area contributed by atoms with Crippen molar-refractivity contribution >= 4 is 5.78 Å². The second-order valence-corrected chi connectivity index (χ2v) is 3.82. The van der Waals surface area contributed by atoms with Crippen LogP contribution in [0, 0.1) is 5.82 Å². The first-order valence-corrected chi connectivity index (χ1v) is 5.05. The van der Waals surface area contributed by atoms with Crippen molar-refractivity contribution < 1.29 is 9.18 Å². The summed E-state index contributed by atoms with van der Waals surface area (Å²) >= 11 is 0. The summed E-state index contributed by atoms with van der Waals surface area (Å²) in [6, 6.07) is 6.31. The molecule has 1 aliphatic rings. The fourth-order valence-corrected chi connectivity index (χ4v) is 2.03. The molecular weight excluding hydrogens is 179 g/mol. The molecule has 0 unspecified atom stereocenters. The maximum atomic E-state index is 12.7. The monoisotopic (exact) mass is 192 g/mol. The van der Waals surface area contributed by atoms with Crippen LogP contribution in [0.5, 0.6) is 0 Å². The van der Waals surface area contributed by atoms with Crippen LogP contribution in [-0.2, 0) is 4.79 Å². The van der Waals surface area contributed by atoms with Gasteiger partial charge in [-0.1, -0.05) is 18.6 Å². The molecule has 0 radical (unpaired) electrons. The Kier molecular flexibility index (Phi) is 2.62. The highest BCUT2D eigenvalue weighted by molar-refractivity contribution is 5.86. The molecule has 2 rings (SSSR count).